The van der Waals surface area contributed by atoms with Crippen molar-refractivity contribution in [1.82, 2.24) is 15.0 Å². The van der Waals surface area contributed by atoms with E-state index >= 15 is 0 Å². The predicted octanol–water partition coefficient (Wildman–Crippen LogP) is 4.31. The monoisotopic (exact) mass is 462 g/mol. The second-order valence-electron chi connectivity index (χ2n) is 7.47. The number of carbonyl (C=O) groups is 1. The Balaban J connectivity index is 1.28. The van der Waals surface area contributed by atoms with E-state index in [1.165, 1.54) is 12.1 Å². The standard InChI is InChI=1S/C23H22N6O3S/c24-20-9-5-17(22-2-1-13-33-22)14-21(20)25-23(30)10-6-18-15-28(27-26-18)12-11-16-3-7-19(8-4-16)29(31)32/h1-5,7-9,13-15H,6,10-12,24H2,(H,25,30). The number of aromatic nitrogens is 3. The number of nitrogen functional groups attached to an aromatic ring is 1. The minimum atomic E-state index is -0.418. The molecular formula is C23H22N6O3S. The van der Waals surface area contributed by atoms with Gasteiger partial charge >= 0.3 is 0 Å². The minimum absolute atomic E-state index is 0.0695. The van der Waals surface area contributed by atoms with Crippen LogP contribution in [0.25, 0.3) is 10.4 Å². The summed E-state index contributed by atoms with van der Waals surface area (Å²) in [6.45, 7) is 0.586. The first-order valence-electron chi connectivity index (χ1n) is 10.3. The molecule has 2 heterocycles. The minimum Gasteiger partial charge on any atom is -0.397 e. The van der Waals surface area contributed by atoms with Gasteiger partial charge < -0.3 is 11.1 Å². The highest BCUT2D eigenvalue weighted by Gasteiger charge is 2.10. The Morgan fingerprint density at radius 1 is 1.15 bits per heavy atom. The molecule has 0 bridgehead atoms. The normalized spacial score (nSPS) is 10.8. The molecule has 0 saturated heterocycles. The maximum atomic E-state index is 12.5. The van der Waals surface area contributed by atoms with Crippen molar-refractivity contribution in [2.45, 2.75) is 25.8 Å². The zero-order chi connectivity index (χ0) is 23.2. The van der Waals surface area contributed by atoms with Gasteiger partial charge in [0.2, 0.25) is 5.91 Å². The number of thiophene rings is 1. The molecule has 0 spiro atoms. The van der Waals surface area contributed by atoms with Crippen molar-refractivity contribution >= 4 is 34.3 Å². The number of hydrogen-bond acceptors (Lipinski definition) is 7. The molecule has 0 aliphatic carbocycles. The van der Waals surface area contributed by atoms with Gasteiger partial charge in [-0.05, 0) is 41.1 Å². The molecule has 0 atom stereocenters. The van der Waals surface area contributed by atoms with Gasteiger partial charge in [0.05, 0.1) is 22.0 Å². The summed E-state index contributed by atoms with van der Waals surface area (Å²) < 4.78 is 1.71. The molecule has 0 fully saturated rings. The van der Waals surface area contributed by atoms with Crippen molar-refractivity contribution in [2.75, 3.05) is 11.1 Å². The number of nitrogens with two attached hydrogens (primary N) is 1. The van der Waals surface area contributed by atoms with Crippen LogP contribution in [0.15, 0.2) is 66.2 Å². The number of aryl methyl sites for hydroxylation is 3. The first kappa shape index (κ1) is 22.2. The van der Waals surface area contributed by atoms with Gasteiger partial charge in [-0.3, -0.25) is 19.6 Å². The summed E-state index contributed by atoms with van der Waals surface area (Å²) in [5.74, 6) is -0.148. The molecule has 2 aromatic carbocycles. The highest BCUT2D eigenvalue weighted by molar-refractivity contribution is 7.13. The number of benzene rings is 2. The Bertz CT molecular complexity index is 1250. The van der Waals surface area contributed by atoms with E-state index < -0.39 is 4.92 Å². The summed E-state index contributed by atoms with van der Waals surface area (Å²) in [5.41, 5.74) is 9.91. The van der Waals surface area contributed by atoms with Crippen LogP contribution in [0.4, 0.5) is 17.1 Å². The van der Waals surface area contributed by atoms with Gasteiger partial charge in [0.15, 0.2) is 0 Å². The number of anilines is 2. The first-order valence-corrected chi connectivity index (χ1v) is 11.2. The third-order valence-electron chi connectivity index (χ3n) is 5.10. The lowest BCUT2D eigenvalue weighted by atomic mass is 10.1. The van der Waals surface area contributed by atoms with E-state index in [9.17, 15) is 14.9 Å². The molecule has 4 aromatic rings. The van der Waals surface area contributed by atoms with Gasteiger partial charge in [0.25, 0.3) is 5.69 Å². The fourth-order valence-corrected chi connectivity index (χ4v) is 4.03. The predicted molar refractivity (Wildman–Crippen MR) is 128 cm³/mol. The van der Waals surface area contributed by atoms with Crippen LogP contribution in [0, 0.1) is 10.1 Å². The number of nitrogens with one attached hydrogen (secondary N) is 1. The summed E-state index contributed by atoms with van der Waals surface area (Å²) in [6.07, 6.45) is 3.18. The summed E-state index contributed by atoms with van der Waals surface area (Å²) in [4.78, 5) is 23.9. The van der Waals surface area contributed by atoms with E-state index in [0.29, 0.717) is 36.5 Å². The lowest BCUT2D eigenvalue weighted by Gasteiger charge is -2.09. The smallest absolute Gasteiger partial charge is 0.269 e. The number of nitrogens with zero attached hydrogens (tertiary/aromatic N) is 4. The third kappa shape index (κ3) is 5.80. The van der Waals surface area contributed by atoms with Crippen LogP contribution >= 0.6 is 11.3 Å². The average Bonchev–Trinajstić information content (AvgIpc) is 3.50. The van der Waals surface area contributed by atoms with Crippen LogP contribution in [0.5, 0.6) is 0 Å². The van der Waals surface area contributed by atoms with Crippen LogP contribution < -0.4 is 11.1 Å². The van der Waals surface area contributed by atoms with Crippen molar-refractivity contribution in [3.63, 3.8) is 0 Å². The SMILES string of the molecule is Nc1ccc(-c2cccs2)cc1NC(=O)CCc1cn(CCc2ccc([N+](=O)[O-])cc2)nn1. The molecule has 9 nitrogen and oxygen atoms in total. The molecular weight excluding hydrogens is 440 g/mol. The highest BCUT2D eigenvalue weighted by Crippen LogP contribution is 2.30. The second-order valence-corrected chi connectivity index (χ2v) is 8.42. The Kier molecular flexibility index (Phi) is 6.75. The maximum absolute atomic E-state index is 12.5. The van der Waals surface area contributed by atoms with E-state index in [4.69, 9.17) is 5.73 Å². The van der Waals surface area contributed by atoms with Gasteiger partial charge in [0.1, 0.15) is 0 Å². The molecule has 10 heteroatoms. The maximum Gasteiger partial charge on any atom is 0.269 e. The summed E-state index contributed by atoms with van der Waals surface area (Å²) in [6, 6.07) is 16.1. The van der Waals surface area contributed by atoms with Gasteiger partial charge in [-0.1, -0.05) is 29.5 Å². The van der Waals surface area contributed by atoms with Gasteiger partial charge in [-0.2, -0.15) is 0 Å². The number of amides is 1. The van der Waals surface area contributed by atoms with Gasteiger partial charge in [-0.25, -0.2) is 0 Å². The fourth-order valence-electron chi connectivity index (χ4n) is 3.31. The summed E-state index contributed by atoms with van der Waals surface area (Å²) in [5, 5.41) is 23.9. The molecule has 1 amide bonds. The molecule has 168 valence electrons. The van der Waals surface area contributed by atoms with E-state index in [1.807, 2.05) is 35.8 Å². The molecule has 0 aliphatic heterocycles. The van der Waals surface area contributed by atoms with E-state index in [2.05, 4.69) is 15.6 Å². The summed E-state index contributed by atoms with van der Waals surface area (Å²) >= 11 is 1.63. The Morgan fingerprint density at radius 3 is 2.70 bits per heavy atom. The van der Waals surface area contributed by atoms with Gasteiger partial charge in [-0.15, -0.1) is 16.4 Å². The lowest BCUT2D eigenvalue weighted by molar-refractivity contribution is -0.384. The van der Waals surface area contributed by atoms with E-state index in [0.717, 1.165) is 16.0 Å². The number of non-ortho nitro benzene ring substituents is 1. The van der Waals surface area contributed by atoms with Crippen molar-refractivity contribution in [2.24, 2.45) is 0 Å². The highest BCUT2D eigenvalue weighted by atomic mass is 32.1. The Labute approximate surface area is 194 Å². The van der Waals surface area contributed by atoms with Crippen molar-refractivity contribution in [3.05, 3.63) is 87.5 Å². The third-order valence-corrected chi connectivity index (χ3v) is 6.02. The quantitative estimate of drug-likeness (QED) is 0.217. The fraction of sp³-hybridized carbons (Fsp3) is 0.174. The van der Waals surface area contributed by atoms with E-state index in [1.54, 1.807) is 34.2 Å². The average molecular weight is 463 g/mol. The van der Waals surface area contributed by atoms with Crippen molar-refractivity contribution < 1.29 is 9.72 Å². The molecule has 0 unspecified atom stereocenters. The number of carbonyl (C=O) groups excluding carboxylic acids is 1. The number of nitro groups is 1. The molecule has 33 heavy (non-hydrogen) atoms. The number of hydrogen-bond donors (Lipinski definition) is 2. The summed E-state index contributed by atoms with van der Waals surface area (Å²) in [7, 11) is 0. The Morgan fingerprint density at radius 2 is 1.97 bits per heavy atom. The zero-order valence-corrected chi connectivity index (χ0v) is 18.5. The van der Waals surface area contributed by atoms with Crippen molar-refractivity contribution in [1.29, 1.82) is 0 Å². The van der Waals surface area contributed by atoms with Crippen LogP contribution in [0.3, 0.4) is 0 Å². The second kappa shape index (κ2) is 10.0. The van der Waals surface area contributed by atoms with Crippen molar-refractivity contribution in [3.8, 4) is 10.4 Å². The zero-order valence-electron chi connectivity index (χ0n) is 17.7. The van der Waals surface area contributed by atoms with Crippen LogP contribution in [0.1, 0.15) is 17.7 Å². The topological polar surface area (TPSA) is 129 Å². The molecule has 0 aliphatic rings. The number of rotatable bonds is 9. The largest absolute Gasteiger partial charge is 0.397 e. The Hall–Kier alpha value is -4.05. The number of nitro benzene ring substituents is 1. The van der Waals surface area contributed by atoms with Crippen LogP contribution in [0.2, 0.25) is 0 Å². The lowest BCUT2D eigenvalue weighted by Crippen LogP contribution is -2.13. The molecule has 0 radical (unpaired) electrons. The van der Waals surface area contributed by atoms with E-state index in [-0.39, 0.29) is 18.0 Å². The van der Waals surface area contributed by atoms with Gasteiger partial charge in [0, 0.05) is 42.6 Å². The molecule has 3 N–H and O–H groups in total. The van der Waals surface area contributed by atoms with Crippen LogP contribution in [-0.4, -0.2) is 25.8 Å². The molecule has 4 rings (SSSR count). The van der Waals surface area contributed by atoms with Crippen LogP contribution in [-0.2, 0) is 24.2 Å². The molecule has 2 aromatic heterocycles. The first-order chi connectivity index (χ1) is 16.0. The molecule has 0 saturated carbocycles.